The van der Waals surface area contributed by atoms with E-state index in [0.29, 0.717) is 11.3 Å². The number of hydrogen-bond acceptors (Lipinski definition) is 5. The second-order valence-electron chi connectivity index (χ2n) is 3.44. The Balaban J connectivity index is 2.27. The topological polar surface area (TPSA) is 64.7 Å². The smallest absolute Gasteiger partial charge is 0.240 e. The number of aromatic nitrogens is 4. The van der Waals surface area contributed by atoms with E-state index < -0.39 is 0 Å². The molecule has 0 aliphatic carbocycles. The van der Waals surface area contributed by atoms with Gasteiger partial charge in [-0.25, -0.2) is 14.6 Å². The molecule has 0 bridgehead atoms. The third-order valence-corrected chi connectivity index (χ3v) is 2.34. The van der Waals surface area contributed by atoms with Gasteiger partial charge in [-0.05, 0) is 17.2 Å². The van der Waals surface area contributed by atoms with Crippen LogP contribution in [0.3, 0.4) is 0 Å². The van der Waals surface area contributed by atoms with Crippen LogP contribution in [0.2, 0.25) is 0 Å². The second kappa shape index (κ2) is 3.37. The zero-order valence-corrected chi connectivity index (χ0v) is 8.58. The molecular formula is C11H8N4O. The summed E-state index contributed by atoms with van der Waals surface area (Å²) in [5.74, 6) is 0. The summed E-state index contributed by atoms with van der Waals surface area (Å²) in [6.07, 6.45) is 0. The molecule has 0 saturated carbocycles. The lowest BCUT2D eigenvalue weighted by Gasteiger charge is -2.02. The molecule has 0 unspecified atom stereocenters. The molecule has 0 amide bonds. The zero-order valence-electron chi connectivity index (χ0n) is 8.58. The number of benzene rings is 1. The number of aryl methyl sites for hydroxylation is 1. The van der Waals surface area contributed by atoms with Crippen molar-refractivity contribution in [3.05, 3.63) is 36.0 Å². The SMILES string of the molecule is Cc1nc2nonc2nc1-c1ccccc1. The highest BCUT2D eigenvalue weighted by Gasteiger charge is 2.10. The third-order valence-electron chi connectivity index (χ3n) is 2.34. The van der Waals surface area contributed by atoms with Gasteiger partial charge in [0.05, 0.1) is 11.4 Å². The predicted molar refractivity (Wildman–Crippen MR) is 57.6 cm³/mol. The lowest BCUT2D eigenvalue weighted by atomic mass is 10.1. The fourth-order valence-electron chi connectivity index (χ4n) is 1.59. The van der Waals surface area contributed by atoms with Crippen molar-refractivity contribution in [1.29, 1.82) is 0 Å². The summed E-state index contributed by atoms with van der Waals surface area (Å²) in [6, 6.07) is 9.85. The number of rotatable bonds is 1. The lowest BCUT2D eigenvalue weighted by Crippen LogP contribution is -1.93. The summed E-state index contributed by atoms with van der Waals surface area (Å²) < 4.78 is 4.59. The van der Waals surface area contributed by atoms with Gasteiger partial charge in [-0.15, -0.1) is 0 Å². The average Bonchev–Trinajstić information content (AvgIpc) is 2.76. The molecule has 0 N–H and O–H groups in total. The van der Waals surface area contributed by atoms with E-state index in [0.717, 1.165) is 17.0 Å². The van der Waals surface area contributed by atoms with Gasteiger partial charge in [0.1, 0.15) is 0 Å². The monoisotopic (exact) mass is 212 g/mol. The average molecular weight is 212 g/mol. The maximum Gasteiger partial charge on any atom is 0.243 e. The van der Waals surface area contributed by atoms with E-state index in [1.807, 2.05) is 37.3 Å². The Labute approximate surface area is 91.1 Å². The van der Waals surface area contributed by atoms with Crippen molar-refractivity contribution in [1.82, 2.24) is 20.3 Å². The van der Waals surface area contributed by atoms with E-state index in [1.165, 1.54) is 0 Å². The van der Waals surface area contributed by atoms with Crippen LogP contribution in [-0.4, -0.2) is 20.3 Å². The first-order valence-corrected chi connectivity index (χ1v) is 4.87. The first-order valence-electron chi connectivity index (χ1n) is 4.87. The van der Waals surface area contributed by atoms with Gasteiger partial charge in [-0.2, -0.15) is 0 Å². The first-order chi connectivity index (χ1) is 7.84. The van der Waals surface area contributed by atoms with E-state index in [9.17, 15) is 0 Å². The fourth-order valence-corrected chi connectivity index (χ4v) is 1.59. The lowest BCUT2D eigenvalue weighted by molar-refractivity contribution is 0.314. The summed E-state index contributed by atoms with van der Waals surface area (Å²) in [5, 5.41) is 7.34. The van der Waals surface area contributed by atoms with Gasteiger partial charge in [-0.3, -0.25) is 0 Å². The van der Waals surface area contributed by atoms with Crippen molar-refractivity contribution in [3.63, 3.8) is 0 Å². The minimum Gasteiger partial charge on any atom is -0.240 e. The van der Waals surface area contributed by atoms with Crippen LogP contribution in [0.25, 0.3) is 22.6 Å². The minimum atomic E-state index is 0.435. The van der Waals surface area contributed by atoms with Crippen molar-refractivity contribution in [2.45, 2.75) is 6.92 Å². The van der Waals surface area contributed by atoms with Crippen LogP contribution in [0.15, 0.2) is 35.0 Å². The number of fused-ring (bicyclic) bond motifs is 1. The van der Waals surface area contributed by atoms with Gasteiger partial charge in [0.25, 0.3) is 0 Å². The van der Waals surface area contributed by atoms with Gasteiger partial charge in [0, 0.05) is 5.56 Å². The summed E-state index contributed by atoms with van der Waals surface area (Å²) in [6.45, 7) is 1.89. The van der Waals surface area contributed by atoms with Crippen LogP contribution in [0.5, 0.6) is 0 Å². The molecule has 5 nitrogen and oxygen atoms in total. The number of hydrogen-bond donors (Lipinski definition) is 0. The molecule has 5 heteroatoms. The molecule has 0 atom stereocenters. The van der Waals surface area contributed by atoms with E-state index in [2.05, 4.69) is 24.9 Å². The molecule has 0 aliphatic rings. The Morgan fingerprint density at radius 1 is 0.938 bits per heavy atom. The highest BCUT2D eigenvalue weighted by molar-refractivity contribution is 5.71. The van der Waals surface area contributed by atoms with Gasteiger partial charge in [0.15, 0.2) is 0 Å². The normalized spacial score (nSPS) is 10.8. The molecule has 2 heterocycles. The Hall–Kier alpha value is -2.30. The van der Waals surface area contributed by atoms with Crippen molar-refractivity contribution >= 4 is 11.3 Å². The van der Waals surface area contributed by atoms with Crippen LogP contribution < -0.4 is 0 Å². The Morgan fingerprint density at radius 2 is 1.62 bits per heavy atom. The van der Waals surface area contributed by atoms with E-state index in [4.69, 9.17) is 0 Å². The summed E-state index contributed by atoms with van der Waals surface area (Å²) in [4.78, 5) is 8.66. The van der Waals surface area contributed by atoms with Crippen molar-refractivity contribution in [3.8, 4) is 11.3 Å². The van der Waals surface area contributed by atoms with Crippen molar-refractivity contribution in [2.24, 2.45) is 0 Å². The predicted octanol–water partition coefficient (Wildman–Crippen LogP) is 1.99. The second-order valence-corrected chi connectivity index (χ2v) is 3.44. The Morgan fingerprint density at radius 3 is 2.38 bits per heavy atom. The highest BCUT2D eigenvalue weighted by Crippen LogP contribution is 2.20. The quantitative estimate of drug-likeness (QED) is 0.617. The minimum absolute atomic E-state index is 0.435. The van der Waals surface area contributed by atoms with Gasteiger partial charge in [-0.1, -0.05) is 30.3 Å². The fraction of sp³-hybridized carbons (Fsp3) is 0.0909. The maximum atomic E-state index is 4.59. The molecule has 0 spiro atoms. The summed E-state index contributed by atoms with van der Waals surface area (Å²) >= 11 is 0. The molecule has 0 saturated heterocycles. The van der Waals surface area contributed by atoms with Crippen LogP contribution >= 0.6 is 0 Å². The van der Waals surface area contributed by atoms with Crippen molar-refractivity contribution < 1.29 is 4.63 Å². The molecule has 0 aliphatic heterocycles. The summed E-state index contributed by atoms with van der Waals surface area (Å²) in [7, 11) is 0. The molecule has 1 aromatic carbocycles. The molecule has 3 aromatic rings. The standard InChI is InChI=1S/C11H8N4O/c1-7-9(8-5-3-2-4-6-8)13-11-10(12-7)14-16-15-11/h2-6H,1H3. The molecule has 16 heavy (non-hydrogen) atoms. The molecule has 3 rings (SSSR count). The van der Waals surface area contributed by atoms with E-state index >= 15 is 0 Å². The largest absolute Gasteiger partial charge is 0.243 e. The van der Waals surface area contributed by atoms with Crippen LogP contribution in [-0.2, 0) is 0 Å². The third kappa shape index (κ3) is 1.33. The molecule has 2 aromatic heterocycles. The molecule has 0 fully saturated rings. The first kappa shape index (κ1) is 8.96. The maximum absolute atomic E-state index is 4.59. The zero-order chi connectivity index (χ0) is 11.0. The molecular weight excluding hydrogens is 204 g/mol. The van der Waals surface area contributed by atoms with Gasteiger partial charge >= 0.3 is 0 Å². The van der Waals surface area contributed by atoms with Crippen LogP contribution in [0, 0.1) is 6.92 Å². The Bertz CT molecular complexity index is 633. The van der Waals surface area contributed by atoms with Crippen LogP contribution in [0.1, 0.15) is 5.69 Å². The summed E-state index contributed by atoms with van der Waals surface area (Å²) in [5.41, 5.74) is 3.51. The number of nitrogens with zero attached hydrogens (tertiary/aromatic N) is 4. The highest BCUT2D eigenvalue weighted by atomic mass is 16.6. The molecule has 78 valence electrons. The van der Waals surface area contributed by atoms with E-state index in [-0.39, 0.29) is 0 Å². The molecule has 0 radical (unpaired) electrons. The van der Waals surface area contributed by atoms with E-state index in [1.54, 1.807) is 0 Å². The van der Waals surface area contributed by atoms with Gasteiger partial charge in [0.2, 0.25) is 11.3 Å². The van der Waals surface area contributed by atoms with Gasteiger partial charge < -0.3 is 0 Å². The Kier molecular flexibility index (Phi) is 1.89. The van der Waals surface area contributed by atoms with Crippen molar-refractivity contribution in [2.75, 3.05) is 0 Å². The van der Waals surface area contributed by atoms with Crippen LogP contribution in [0.4, 0.5) is 0 Å².